The van der Waals surface area contributed by atoms with Crippen molar-refractivity contribution in [2.75, 3.05) is 5.32 Å². The fourth-order valence-electron chi connectivity index (χ4n) is 3.25. The van der Waals surface area contributed by atoms with Crippen LogP contribution < -0.4 is 5.32 Å². The van der Waals surface area contributed by atoms with Crippen LogP contribution in [0.3, 0.4) is 0 Å². The third-order valence-corrected chi connectivity index (χ3v) is 6.03. The average molecular weight is 402 g/mol. The molecule has 0 unspecified atom stereocenters. The number of halogens is 1. The van der Waals surface area contributed by atoms with Gasteiger partial charge in [0.25, 0.3) is 0 Å². The van der Waals surface area contributed by atoms with Crippen molar-refractivity contribution in [1.82, 2.24) is 15.0 Å². The van der Waals surface area contributed by atoms with Crippen molar-refractivity contribution in [2.45, 2.75) is 35.5 Å². The van der Waals surface area contributed by atoms with Crippen LogP contribution in [0.4, 0.5) is 15.9 Å². The van der Waals surface area contributed by atoms with Gasteiger partial charge in [-0.3, -0.25) is 0 Å². The van der Waals surface area contributed by atoms with E-state index >= 15 is 0 Å². The summed E-state index contributed by atoms with van der Waals surface area (Å²) in [5.74, 6) is 1.08. The lowest BCUT2D eigenvalue weighted by molar-refractivity contribution is 0.626. The molecule has 6 heteroatoms. The Bertz CT molecular complexity index is 1190. The van der Waals surface area contributed by atoms with Crippen LogP contribution in [0, 0.1) is 12.7 Å². The van der Waals surface area contributed by atoms with E-state index in [0.717, 1.165) is 37.9 Å². The highest BCUT2D eigenvalue weighted by atomic mass is 32.2. The Morgan fingerprint density at radius 3 is 2.62 bits per heavy atom. The van der Waals surface area contributed by atoms with Crippen molar-refractivity contribution >= 4 is 34.3 Å². The van der Waals surface area contributed by atoms with Crippen molar-refractivity contribution in [3.8, 4) is 0 Å². The number of aryl methyl sites for hydroxylation is 1. The fourth-order valence-corrected chi connectivity index (χ4v) is 4.13. The maximum atomic E-state index is 13.2. The molecule has 4 nitrogen and oxygen atoms in total. The lowest BCUT2D eigenvalue weighted by Crippen LogP contribution is -2.00. The predicted molar refractivity (Wildman–Crippen MR) is 114 cm³/mol. The smallest absolute Gasteiger partial charge is 0.164 e. The van der Waals surface area contributed by atoms with Crippen LogP contribution in [0.25, 0.3) is 11.0 Å². The molecule has 0 radical (unpaired) electrons. The van der Waals surface area contributed by atoms with Crippen LogP contribution in [0.2, 0.25) is 0 Å². The van der Waals surface area contributed by atoms with Gasteiger partial charge in [-0.25, -0.2) is 19.3 Å². The number of benzene rings is 2. The van der Waals surface area contributed by atoms with Crippen molar-refractivity contribution in [3.63, 3.8) is 0 Å². The summed E-state index contributed by atoms with van der Waals surface area (Å²) in [5, 5.41) is 4.37. The number of rotatable bonds is 5. The molecule has 0 aliphatic heterocycles. The van der Waals surface area contributed by atoms with Crippen LogP contribution >= 0.6 is 11.8 Å². The van der Waals surface area contributed by atoms with E-state index in [0.29, 0.717) is 11.6 Å². The number of nitrogens with one attached hydrogen (secondary N) is 1. The molecule has 0 bridgehead atoms. The van der Waals surface area contributed by atoms with Crippen LogP contribution in [-0.4, -0.2) is 15.0 Å². The lowest BCUT2D eigenvalue weighted by atomic mass is 10.2. The first kappa shape index (κ1) is 18.1. The molecule has 0 amide bonds. The zero-order valence-electron chi connectivity index (χ0n) is 15.9. The fraction of sp³-hybridized carbons (Fsp3) is 0.174. The summed E-state index contributed by atoms with van der Waals surface area (Å²) in [6.07, 6.45) is 3.97. The highest BCUT2D eigenvalue weighted by Gasteiger charge is 2.25. The van der Waals surface area contributed by atoms with E-state index in [1.165, 1.54) is 25.0 Å². The first-order valence-corrected chi connectivity index (χ1v) is 10.4. The van der Waals surface area contributed by atoms with Gasteiger partial charge in [-0.1, -0.05) is 17.8 Å². The van der Waals surface area contributed by atoms with Crippen LogP contribution in [0.15, 0.2) is 70.7 Å². The SMILES string of the molecule is Cc1ccc(Sc2ccc(F)cc2)c(Nc2ncnc3nc(C4CC4)ccc23)c1. The number of hydrogen-bond donors (Lipinski definition) is 1. The first-order valence-electron chi connectivity index (χ1n) is 9.58. The van der Waals surface area contributed by atoms with Crippen molar-refractivity contribution in [1.29, 1.82) is 0 Å². The second-order valence-electron chi connectivity index (χ2n) is 7.28. The van der Waals surface area contributed by atoms with Gasteiger partial charge in [0.15, 0.2) is 5.65 Å². The Labute approximate surface area is 172 Å². The van der Waals surface area contributed by atoms with Gasteiger partial charge in [0.05, 0.1) is 11.1 Å². The molecule has 4 aromatic rings. The van der Waals surface area contributed by atoms with Gasteiger partial charge < -0.3 is 5.32 Å². The van der Waals surface area contributed by atoms with Gasteiger partial charge in [-0.05, 0) is 73.9 Å². The highest BCUT2D eigenvalue weighted by Crippen LogP contribution is 2.40. The van der Waals surface area contributed by atoms with Gasteiger partial charge in [0, 0.05) is 21.4 Å². The van der Waals surface area contributed by atoms with Gasteiger partial charge >= 0.3 is 0 Å². The van der Waals surface area contributed by atoms with Crippen LogP contribution in [0.5, 0.6) is 0 Å². The molecule has 1 aliphatic carbocycles. The molecule has 0 saturated heterocycles. The zero-order valence-corrected chi connectivity index (χ0v) is 16.7. The summed E-state index contributed by atoms with van der Waals surface area (Å²) < 4.78 is 13.2. The Morgan fingerprint density at radius 1 is 1.00 bits per heavy atom. The molecule has 29 heavy (non-hydrogen) atoms. The first-order chi connectivity index (χ1) is 14.2. The summed E-state index contributed by atoms with van der Waals surface area (Å²) in [6, 6.07) is 16.9. The number of aromatic nitrogens is 3. The Hall–Kier alpha value is -2.99. The van der Waals surface area contributed by atoms with Crippen LogP contribution in [0.1, 0.15) is 30.0 Å². The quantitative estimate of drug-likeness (QED) is 0.428. The standard InChI is InChI=1S/C23H19FN4S/c1-14-2-11-21(29-17-7-5-16(24)6-8-17)20(12-14)28-23-18-9-10-19(15-3-4-15)27-22(18)25-13-26-23/h2,5-13,15H,3-4H2,1H3,(H,25,26,27,28). The molecule has 0 atom stereocenters. The minimum atomic E-state index is -0.234. The molecule has 1 fully saturated rings. The Morgan fingerprint density at radius 2 is 1.83 bits per heavy atom. The maximum absolute atomic E-state index is 13.2. The summed E-state index contributed by atoms with van der Waals surface area (Å²) >= 11 is 1.58. The minimum absolute atomic E-state index is 0.234. The summed E-state index contributed by atoms with van der Waals surface area (Å²) in [6.45, 7) is 2.05. The van der Waals surface area contributed by atoms with E-state index in [9.17, 15) is 4.39 Å². The maximum Gasteiger partial charge on any atom is 0.164 e. The second-order valence-corrected chi connectivity index (χ2v) is 8.40. The Kier molecular flexibility index (Phi) is 4.64. The number of nitrogens with zero attached hydrogens (tertiary/aromatic N) is 3. The van der Waals surface area contributed by atoms with E-state index in [1.54, 1.807) is 30.2 Å². The molecule has 2 heterocycles. The van der Waals surface area contributed by atoms with Gasteiger partial charge in [0.1, 0.15) is 18.0 Å². The van der Waals surface area contributed by atoms with E-state index in [1.807, 2.05) is 0 Å². The lowest BCUT2D eigenvalue weighted by Gasteiger charge is -2.14. The largest absolute Gasteiger partial charge is 0.339 e. The Balaban J connectivity index is 1.49. The third kappa shape index (κ3) is 3.93. The number of pyridine rings is 1. The summed E-state index contributed by atoms with van der Waals surface area (Å²) in [4.78, 5) is 15.6. The highest BCUT2D eigenvalue weighted by molar-refractivity contribution is 7.99. The minimum Gasteiger partial charge on any atom is -0.339 e. The molecule has 1 saturated carbocycles. The number of hydrogen-bond acceptors (Lipinski definition) is 5. The van der Waals surface area contributed by atoms with E-state index < -0.39 is 0 Å². The molecule has 144 valence electrons. The molecule has 2 aromatic heterocycles. The van der Waals surface area contributed by atoms with Gasteiger partial charge in [-0.15, -0.1) is 0 Å². The van der Waals surface area contributed by atoms with E-state index in [4.69, 9.17) is 4.98 Å². The summed E-state index contributed by atoms with van der Waals surface area (Å²) in [7, 11) is 0. The van der Waals surface area contributed by atoms with Crippen molar-refractivity contribution in [2.24, 2.45) is 0 Å². The van der Waals surface area contributed by atoms with Crippen LogP contribution in [-0.2, 0) is 0 Å². The molecule has 0 spiro atoms. The van der Waals surface area contributed by atoms with Crippen molar-refractivity contribution in [3.05, 3.63) is 78.0 Å². The topological polar surface area (TPSA) is 50.7 Å². The average Bonchev–Trinajstić information content (AvgIpc) is 3.57. The molecule has 2 aromatic carbocycles. The third-order valence-electron chi connectivity index (χ3n) is 4.94. The molecular formula is C23H19FN4S. The van der Waals surface area contributed by atoms with E-state index in [2.05, 4.69) is 52.5 Å². The molecule has 1 aliphatic rings. The van der Waals surface area contributed by atoms with E-state index in [-0.39, 0.29) is 5.82 Å². The second kappa shape index (κ2) is 7.44. The molecule has 1 N–H and O–H groups in total. The number of fused-ring (bicyclic) bond motifs is 1. The molecular weight excluding hydrogens is 383 g/mol. The van der Waals surface area contributed by atoms with Gasteiger partial charge in [0.2, 0.25) is 0 Å². The predicted octanol–water partition coefficient (Wildman–Crippen LogP) is 6.24. The monoisotopic (exact) mass is 402 g/mol. The normalized spacial score (nSPS) is 13.6. The summed E-state index contributed by atoms with van der Waals surface area (Å²) in [5.41, 5.74) is 3.92. The number of anilines is 2. The zero-order chi connectivity index (χ0) is 19.8. The van der Waals surface area contributed by atoms with Gasteiger partial charge in [-0.2, -0.15) is 0 Å². The molecule has 5 rings (SSSR count). The van der Waals surface area contributed by atoms with Crippen molar-refractivity contribution < 1.29 is 4.39 Å².